The minimum Gasteiger partial charge on any atom is -0.495 e. The second-order valence-corrected chi connectivity index (χ2v) is 6.57. The molecule has 2 aromatic carbocycles. The van der Waals surface area contributed by atoms with Crippen LogP contribution in [0.4, 0.5) is 11.4 Å². The number of para-hydroxylation sites is 1. The zero-order valence-corrected chi connectivity index (χ0v) is 16.6. The van der Waals surface area contributed by atoms with Gasteiger partial charge in [-0.1, -0.05) is 23.7 Å². The lowest BCUT2D eigenvalue weighted by molar-refractivity contribution is -0.122. The van der Waals surface area contributed by atoms with Crippen LogP contribution in [-0.4, -0.2) is 43.5 Å². The first-order valence-corrected chi connectivity index (χ1v) is 8.87. The number of amides is 2. The van der Waals surface area contributed by atoms with E-state index in [1.807, 2.05) is 6.07 Å². The first-order valence-electron chi connectivity index (χ1n) is 8.49. The van der Waals surface area contributed by atoms with E-state index in [0.717, 1.165) is 0 Å². The normalized spacial score (nSPS) is 11.4. The number of benzene rings is 2. The molecule has 0 saturated carbocycles. The van der Waals surface area contributed by atoms with Gasteiger partial charge in [-0.2, -0.15) is 5.26 Å². The van der Waals surface area contributed by atoms with Crippen LogP contribution in [0.5, 0.6) is 5.75 Å². The first kappa shape index (κ1) is 21.2. The summed E-state index contributed by atoms with van der Waals surface area (Å²) >= 11 is 5.96. The van der Waals surface area contributed by atoms with Crippen molar-refractivity contribution >= 4 is 34.8 Å². The van der Waals surface area contributed by atoms with Gasteiger partial charge in [-0.15, -0.1) is 0 Å². The fourth-order valence-corrected chi connectivity index (χ4v) is 2.63. The number of nitriles is 1. The maximum absolute atomic E-state index is 12.5. The van der Waals surface area contributed by atoms with Crippen LogP contribution in [0.25, 0.3) is 0 Å². The standard InChI is InChI=1S/C20H21ClN4O3/c1-13(20(27)24-16-7-5-4-6-14(16)11-22)25(2)12-19(26)23-17-10-15(21)8-9-18(17)28-3/h4-10,13H,12H2,1-3H3,(H,23,26)(H,24,27)/t13-/m0/s1. The van der Waals surface area contributed by atoms with Crippen molar-refractivity contribution in [1.82, 2.24) is 4.90 Å². The molecule has 7 nitrogen and oxygen atoms in total. The maximum atomic E-state index is 12.5. The molecule has 28 heavy (non-hydrogen) atoms. The molecular weight excluding hydrogens is 380 g/mol. The molecule has 0 radical (unpaired) electrons. The Labute approximate surface area is 168 Å². The fourth-order valence-electron chi connectivity index (χ4n) is 2.46. The highest BCUT2D eigenvalue weighted by molar-refractivity contribution is 6.31. The molecule has 1 atom stereocenters. The Bertz CT molecular complexity index is 911. The molecule has 146 valence electrons. The minimum absolute atomic E-state index is 0.0237. The molecule has 2 N–H and O–H groups in total. The summed E-state index contributed by atoms with van der Waals surface area (Å²) in [5.74, 6) is -0.155. The van der Waals surface area contributed by atoms with E-state index in [2.05, 4.69) is 10.6 Å². The summed E-state index contributed by atoms with van der Waals surface area (Å²) in [6.45, 7) is 1.65. The molecule has 2 rings (SSSR count). The molecule has 0 heterocycles. The molecule has 2 amide bonds. The summed E-state index contributed by atoms with van der Waals surface area (Å²) in [7, 11) is 3.16. The van der Waals surface area contributed by atoms with Crippen molar-refractivity contribution < 1.29 is 14.3 Å². The highest BCUT2D eigenvalue weighted by Gasteiger charge is 2.21. The molecule has 0 unspecified atom stereocenters. The van der Waals surface area contributed by atoms with E-state index in [1.54, 1.807) is 61.3 Å². The molecule has 2 aromatic rings. The SMILES string of the molecule is COc1ccc(Cl)cc1NC(=O)CN(C)[C@@H](C)C(=O)Nc1ccccc1C#N. The van der Waals surface area contributed by atoms with Crippen LogP contribution in [0, 0.1) is 11.3 Å². The van der Waals surface area contributed by atoms with Gasteiger partial charge in [-0.05, 0) is 44.3 Å². The number of anilines is 2. The van der Waals surface area contributed by atoms with E-state index >= 15 is 0 Å². The van der Waals surface area contributed by atoms with Gasteiger partial charge >= 0.3 is 0 Å². The van der Waals surface area contributed by atoms with Crippen LogP contribution in [-0.2, 0) is 9.59 Å². The molecule has 0 spiro atoms. The second-order valence-electron chi connectivity index (χ2n) is 6.13. The lowest BCUT2D eigenvalue weighted by Crippen LogP contribution is -2.43. The van der Waals surface area contributed by atoms with Gasteiger partial charge in [0.15, 0.2) is 0 Å². The minimum atomic E-state index is -0.598. The van der Waals surface area contributed by atoms with Crippen molar-refractivity contribution in [2.24, 2.45) is 0 Å². The van der Waals surface area contributed by atoms with E-state index in [-0.39, 0.29) is 18.4 Å². The topological polar surface area (TPSA) is 94.5 Å². The predicted octanol–water partition coefficient (Wildman–Crippen LogP) is 3.12. The van der Waals surface area contributed by atoms with Crippen LogP contribution >= 0.6 is 11.6 Å². The second kappa shape index (κ2) is 9.74. The Morgan fingerprint density at radius 2 is 1.93 bits per heavy atom. The average Bonchev–Trinajstić information content (AvgIpc) is 2.67. The number of likely N-dealkylation sites (N-methyl/N-ethyl adjacent to an activating group) is 1. The third-order valence-electron chi connectivity index (χ3n) is 4.17. The number of hydrogen-bond donors (Lipinski definition) is 2. The Morgan fingerprint density at radius 1 is 1.21 bits per heavy atom. The molecule has 0 fully saturated rings. The Morgan fingerprint density at radius 3 is 2.61 bits per heavy atom. The third kappa shape index (κ3) is 5.46. The monoisotopic (exact) mass is 400 g/mol. The zero-order valence-electron chi connectivity index (χ0n) is 15.8. The number of nitrogens with one attached hydrogen (secondary N) is 2. The highest BCUT2D eigenvalue weighted by Crippen LogP contribution is 2.27. The quantitative estimate of drug-likeness (QED) is 0.744. The number of carbonyl (C=O) groups is 2. The molecule has 0 aromatic heterocycles. The first-order chi connectivity index (χ1) is 13.3. The summed E-state index contributed by atoms with van der Waals surface area (Å²) in [6, 6.07) is 13.1. The Hall–Kier alpha value is -3.08. The van der Waals surface area contributed by atoms with Crippen LogP contribution in [0.3, 0.4) is 0 Å². The summed E-state index contributed by atoms with van der Waals surface area (Å²) in [4.78, 5) is 26.4. The lowest BCUT2D eigenvalue weighted by atomic mass is 10.2. The van der Waals surface area contributed by atoms with Gasteiger partial charge in [0, 0.05) is 5.02 Å². The number of carbonyl (C=O) groups excluding carboxylic acids is 2. The number of methoxy groups -OCH3 is 1. The number of ether oxygens (including phenoxy) is 1. The van der Waals surface area contributed by atoms with Gasteiger partial charge in [0.1, 0.15) is 11.8 Å². The van der Waals surface area contributed by atoms with Crippen LogP contribution < -0.4 is 15.4 Å². The highest BCUT2D eigenvalue weighted by atomic mass is 35.5. The zero-order chi connectivity index (χ0) is 20.7. The average molecular weight is 401 g/mol. The van der Waals surface area contributed by atoms with E-state index in [9.17, 15) is 9.59 Å². The molecule has 0 aliphatic heterocycles. The van der Waals surface area contributed by atoms with E-state index in [1.165, 1.54) is 7.11 Å². The number of halogens is 1. The van der Waals surface area contributed by atoms with Gasteiger partial charge in [0.25, 0.3) is 0 Å². The summed E-state index contributed by atoms with van der Waals surface area (Å²) in [5.41, 5.74) is 1.26. The van der Waals surface area contributed by atoms with Crippen LogP contribution in [0.2, 0.25) is 5.02 Å². The number of nitrogens with zero attached hydrogens (tertiary/aromatic N) is 2. The Balaban J connectivity index is 1.98. The van der Waals surface area contributed by atoms with Gasteiger partial charge < -0.3 is 15.4 Å². The molecular formula is C20H21ClN4O3. The van der Waals surface area contributed by atoms with Crippen molar-refractivity contribution in [1.29, 1.82) is 5.26 Å². The van der Waals surface area contributed by atoms with Gasteiger partial charge in [-0.25, -0.2) is 0 Å². The summed E-state index contributed by atoms with van der Waals surface area (Å²) in [6.07, 6.45) is 0. The smallest absolute Gasteiger partial charge is 0.241 e. The summed E-state index contributed by atoms with van der Waals surface area (Å²) < 4.78 is 5.20. The molecule has 0 aliphatic rings. The van der Waals surface area contributed by atoms with Crippen molar-refractivity contribution in [3.63, 3.8) is 0 Å². The van der Waals surface area contributed by atoms with Crippen molar-refractivity contribution in [3.05, 3.63) is 53.1 Å². The van der Waals surface area contributed by atoms with Crippen LogP contribution in [0.1, 0.15) is 12.5 Å². The van der Waals surface area contributed by atoms with Crippen molar-refractivity contribution in [2.45, 2.75) is 13.0 Å². The largest absolute Gasteiger partial charge is 0.495 e. The van der Waals surface area contributed by atoms with Gasteiger partial charge in [0.05, 0.1) is 36.6 Å². The molecule has 0 saturated heterocycles. The lowest BCUT2D eigenvalue weighted by Gasteiger charge is -2.23. The maximum Gasteiger partial charge on any atom is 0.241 e. The molecule has 0 bridgehead atoms. The van der Waals surface area contributed by atoms with Crippen LogP contribution in [0.15, 0.2) is 42.5 Å². The third-order valence-corrected chi connectivity index (χ3v) is 4.41. The molecule has 8 heteroatoms. The van der Waals surface area contributed by atoms with Gasteiger partial charge in [-0.3, -0.25) is 14.5 Å². The molecule has 0 aliphatic carbocycles. The van der Waals surface area contributed by atoms with Crippen molar-refractivity contribution in [3.8, 4) is 11.8 Å². The predicted molar refractivity (Wildman–Crippen MR) is 109 cm³/mol. The number of rotatable bonds is 7. The van der Waals surface area contributed by atoms with E-state index < -0.39 is 6.04 Å². The Kier molecular flexibility index (Phi) is 7.38. The van der Waals surface area contributed by atoms with E-state index in [4.69, 9.17) is 21.6 Å². The summed E-state index contributed by atoms with van der Waals surface area (Å²) in [5, 5.41) is 15.0. The fraction of sp³-hybridized carbons (Fsp3) is 0.250. The van der Waals surface area contributed by atoms with E-state index in [0.29, 0.717) is 27.7 Å². The number of hydrogen-bond acceptors (Lipinski definition) is 5. The van der Waals surface area contributed by atoms with Gasteiger partial charge in [0.2, 0.25) is 11.8 Å². The van der Waals surface area contributed by atoms with Crippen molar-refractivity contribution in [2.75, 3.05) is 31.3 Å².